The fourth-order valence-corrected chi connectivity index (χ4v) is 2.36. The molecule has 17 heavy (non-hydrogen) atoms. The number of nitrogens with zero attached hydrogens (tertiary/aromatic N) is 2. The Labute approximate surface area is 102 Å². The number of aromatic nitrogens is 1. The molecule has 0 aliphatic carbocycles. The van der Waals surface area contributed by atoms with Crippen LogP contribution in [0.5, 0.6) is 0 Å². The summed E-state index contributed by atoms with van der Waals surface area (Å²) in [6.45, 7) is 5.20. The zero-order valence-corrected chi connectivity index (χ0v) is 10.7. The molecule has 4 nitrogen and oxygen atoms in total. The summed E-state index contributed by atoms with van der Waals surface area (Å²) in [5.41, 5.74) is 1.81. The van der Waals surface area contributed by atoms with Gasteiger partial charge in [0.05, 0.1) is 6.10 Å². The van der Waals surface area contributed by atoms with Crippen molar-refractivity contribution in [1.29, 1.82) is 0 Å². The average Bonchev–Trinajstić information content (AvgIpc) is 2.87. The molecule has 1 aliphatic rings. The van der Waals surface area contributed by atoms with E-state index in [0.29, 0.717) is 6.54 Å². The smallest absolute Gasteiger partial charge is 0.270 e. The Morgan fingerprint density at radius 3 is 2.71 bits per heavy atom. The van der Waals surface area contributed by atoms with Crippen LogP contribution in [0.15, 0.2) is 12.1 Å². The van der Waals surface area contributed by atoms with E-state index in [0.717, 1.165) is 24.4 Å². The molecule has 0 saturated carbocycles. The van der Waals surface area contributed by atoms with E-state index < -0.39 is 0 Å². The summed E-state index contributed by atoms with van der Waals surface area (Å²) >= 11 is 0. The highest BCUT2D eigenvalue weighted by Gasteiger charge is 2.30. The number of aliphatic hydroxyl groups is 1. The summed E-state index contributed by atoms with van der Waals surface area (Å²) in [7, 11) is 1.91. The Morgan fingerprint density at radius 2 is 2.24 bits per heavy atom. The third-order valence-corrected chi connectivity index (χ3v) is 3.79. The minimum absolute atomic E-state index is 0.0729. The van der Waals surface area contributed by atoms with Crippen LogP contribution in [0.3, 0.4) is 0 Å². The summed E-state index contributed by atoms with van der Waals surface area (Å²) in [6.07, 6.45) is 0.565. The number of amides is 1. The monoisotopic (exact) mass is 236 g/mol. The maximum absolute atomic E-state index is 12.3. The van der Waals surface area contributed by atoms with Crippen LogP contribution < -0.4 is 0 Å². The van der Waals surface area contributed by atoms with Crippen LogP contribution >= 0.6 is 0 Å². The van der Waals surface area contributed by atoms with Gasteiger partial charge < -0.3 is 14.6 Å². The van der Waals surface area contributed by atoms with Gasteiger partial charge in [-0.2, -0.15) is 0 Å². The van der Waals surface area contributed by atoms with E-state index in [1.165, 1.54) is 0 Å². The van der Waals surface area contributed by atoms with Crippen LogP contribution in [0, 0.1) is 12.8 Å². The highest BCUT2D eigenvalue weighted by atomic mass is 16.3. The Kier molecular flexibility index (Phi) is 3.24. The van der Waals surface area contributed by atoms with Gasteiger partial charge in [-0.3, -0.25) is 4.79 Å². The molecule has 2 unspecified atom stereocenters. The number of hydrogen-bond acceptors (Lipinski definition) is 2. The first-order valence-corrected chi connectivity index (χ1v) is 6.10. The quantitative estimate of drug-likeness (QED) is 0.838. The highest BCUT2D eigenvalue weighted by Crippen LogP contribution is 2.21. The molecule has 2 heterocycles. The lowest BCUT2D eigenvalue weighted by molar-refractivity contribution is 0.0753. The van der Waals surface area contributed by atoms with Crippen molar-refractivity contribution in [3.05, 3.63) is 23.5 Å². The molecular formula is C13H20N2O2. The zero-order chi connectivity index (χ0) is 12.6. The van der Waals surface area contributed by atoms with E-state index in [1.807, 2.05) is 35.6 Å². The molecule has 0 bridgehead atoms. The lowest BCUT2D eigenvalue weighted by Gasteiger charge is -2.18. The second kappa shape index (κ2) is 4.53. The van der Waals surface area contributed by atoms with Gasteiger partial charge in [0.1, 0.15) is 5.69 Å². The molecule has 1 fully saturated rings. The summed E-state index contributed by atoms with van der Waals surface area (Å²) in [4.78, 5) is 14.1. The fourth-order valence-electron chi connectivity index (χ4n) is 2.36. The first-order valence-electron chi connectivity index (χ1n) is 6.10. The van der Waals surface area contributed by atoms with Crippen molar-refractivity contribution in [2.75, 3.05) is 13.1 Å². The number of aryl methyl sites for hydroxylation is 1. The van der Waals surface area contributed by atoms with Gasteiger partial charge in [-0.05, 0) is 32.4 Å². The zero-order valence-electron chi connectivity index (χ0n) is 10.7. The summed E-state index contributed by atoms with van der Waals surface area (Å²) in [5.74, 6) is 0.295. The minimum Gasteiger partial charge on any atom is -0.393 e. The maximum atomic E-state index is 12.3. The number of rotatable bonds is 2. The van der Waals surface area contributed by atoms with Crippen molar-refractivity contribution in [1.82, 2.24) is 9.47 Å². The van der Waals surface area contributed by atoms with Gasteiger partial charge >= 0.3 is 0 Å². The molecule has 1 aromatic heterocycles. The van der Waals surface area contributed by atoms with Gasteiger partial charge in [-0.1, -0.05) is 0 Å². The molecule has 2 atom stereocenters. The van der Waals surface area contributed by atoms with Crippen molar-refractivity contribution in [3.63, 3.8) is 0 Å². The normalized spacial score (nSPS) is 21.9. The van der Waals surface area contributed by atoms with Gasteiger partial charge in [0.25, 0.3) is 5.91 Å². The van der Waals surface area contributed by atoms with Gasteiger partial charge in [-0.25, -0.2) is 0 Å². The fraction of sp³-hybridized carbons (Fsp3) is 0.615. The van der Waals surface area contributed by atoms with Crippen LogP contribution in [0.1, 0.15) is 29.5 Å². The highest BCUT2D eigenvalue weighted by molar-refractivity contribution is 5.93. The summed E-state index contributed by atoms with van der Waals surface area (Å²) < 4.78 is 1.91. The van der Waals surface area contributed by atoms with Crippen molar-refractivity contribution < 1.29 is 9.90 Å². The first kappa shape index (κ1) is 12.2. The Hall–Kier alpha value is -1.29. The Balaban J connectivity index is 2.10. The van der Waals surface area contributed by atoms with Crippen LogP contribution in [0.25, 0.3) is 0 Å². The van der Waals surface area contributed by atoms with Crippen LogP contribution in [-0.2, 0) is 7.05 Å². The average molecular weight is 236 g/mol. The molecule has 0 aromatic carbocycles. The SMILES string of the molecule is Cc1ccc(C(=O)N2CCC(C(C)O)C2)n1C. The molecule has 94 valence electrons. The molecule has 0 radical (unpaired) electrons. The van der Waals surface area contributed by atoms with Crippen LogP contribution in [0.2, 0.25) is 0 Å². The number of carbonyl (C=O) groups is 1. The van der Waals surface area contributed by atoms with E-state index in [2.05, 4.69) is 0 Å². The van der Waals surface area contributed by atoms with Gasteiger partial charge in [0.2, 0.25) is 0 Å². The maximum Gasteiger partial charge on any atom is 0.270 e. The first-order chi connectivity index (χ1) is 8.00. The minimum atomic E-state index is -0.331. The third kappa shape index (κ3) is 2.22. The van der Waals surface area contributed by atoms with E-state index in [9.17, 15) is 9.90 Å². The Bertz CT molecular complexity index is 423. The van der Waals surface area contributed by atoms with E-state index in [-0.39, 0.29) is 17.9 Å². The molecule has 1 aliphatic heterocycles. The lowest BCUT2D eigenvalue weighted by Crippen LogP contribution is -2.31. The summed E-state index contributed by atoms with van der Waals surface area (Å²) in [5, 5.41) is 9.54. The molecule has 1 N–H and O–H groups in total. The van der Waals surface area contributed by atoms with Gasteiger partial charge in [0, 0.05) is 31.7 Å². The van der Waals surface area contributed by atoms with Crippen LogP contribution in [-0.4, -0.2) is 39.7 Å². The van der Waals surface area contributed by atoms with E-state index >= 15 is 0 Å². The van der Waals surface area contributed by atoms with Gasteiger partial charge in [0.15, 0.2) is 0 Å². The van der Waals surface area contributed by atoms with Crippen molar-refractivity contribution in [2.24, 2.45) is 13.0 Å². The van der Waals surface area contributed by atoms with E-state index in [4.69, 9.17) is 0 Å². The van der Waals surface area contributed by atoms with Crippen molar-refractivity contribution in [2.45, 2.75) is 26.4 Å². The topological polar surface area (TPSA) is 45.5 Å². The largest absolute Gasteiger partial charge is 0.393 e. The predicted molar refractivity (Wildman–Crippen MR) is 65.8 cm³/mol. The lowest BCUT2D eigenvalue weighted by atomic mass is 10.0. The number of likely N-dealkylation sites (tertiary alicyclic amines) is 1. The molecule has 4 heteroatoms. The number of carbonyl (C=O) groups excluding carboxylic acids is 1. The van der Waals surface area contributed by atoms with Crippen LogP contribution in [0.4, 0.5) is 0 Å². The third-order valence-electron chi connectivity index (χ3n) is 3.79. The molecule has 2 rings (SSSR count). The second-order valence-corrected chi connectivity index (χ2v) is 4.96. The van der Waals surface area contributed by atoms with E-state index in [1.54, 1.807) is 6.92 Å². The predicted octanol–water partition coefficient (Wildman–Crippen LogP) is 1.18. The standard InChI is InChI=1S/C13H20N2O2/c1-9-4-5-12(14(9)3)13(17)15-7-6-11(8-15)10(2)16/h4-5,10-11,16H,6-8H2,1-3H3. The second-order valence-electron chi connectivity index (χ2n) is 4.96. The number of hydrogen-bond donors (Lipinski definition) is 1. The van der Waals surface area contributed by atoms with Crippen molar-refractivity contribution >= 4 is 5.91 Å². The Morgan fingerprint density at radius 1 is 1.53 bits per heavy atom. The molecule has 1 aromatic rings. The number of aliphatic hydroxyl groups excluding tert-OH is 1. The van der Waals surface area contributed by atoms with Crippen molar-refractivity contribution in [3.8, 4) is 0 Å². The molecule has 0 spiro atoms. The molecule has 1 amide bonds. The molecule has 1 saturated heterocycles. The van der Waals surface area contributed by atoms with Gasteiger partial charge in [-0.15, -0.1) is 0 Å². The summed E-state index contributed by atoms with van der Waals surface area (Å²) in [6, 6.07) is 3.82. The molecular weight excluding hydrogens is 216 g/mol.